The molecule has 0 fully saturated rings. The third kappa shape index (κ3) is 3.28. The summed E-state index contributed by atoms with van der Waals surface area (Å²) in [7, 11) is 1.15. The van der Waals surface area contributed by atoms with Crippen LogP contribution in [0.1, 0.15) is 11.1 Å². The summed E-state index contributed by atoms with van der Waals surface area (Å²) in [6, 6.07) is 7.33. The molecule has 0 heterocycles. The maximum absolute atomic E-state index is 11.0. The van der Waals surface area contributed by atoms with Gasteiger partial charge in [0.05, 0.1) is 7.11 Å². The minimum absolute atomic E-state index is 0.692. The first-order chi connectivity index (χ1) is 7.13. The van der Waals surface area contributed by atoms with Gasteiger partial charge in [0, 0.05) is 5.56 Å². The SMILES string of the molecule is COC(=O)C(=O)C#Cc1ccc(C)cc1. The van der Waals surface area contributed by atoms with Crippen LogP contribution >= 0.6 is 0 Å². The Morgan fingerprint density at radius 3 is 2.33 bits per heavy atom. The molecule has 3 heteroatoms. The lowest BCUT2D eigenvalue weighted by molar-refractivity contribution is -0.149. The van der Waals surface area contributed by atoms with Crippen molar-refractivity contribution in [2.75, 3.05) is 7.11 Å². The van der Waals surface area contributed by atoms with Crippen LogP contribution in [0.25, 0.3) is 0 Å². The highest BCUT2D eigenvalue weighted by molar-refractivity contribution is 6.40. The fourth-order valence-electron chi connectivity index (χ4n) is 0.910. The summed E-state index contributed by atoms with van der Waals surface area (Å²) in [6.45, 7) is 1.96. The fraction of sp³-hybridized carbons (Fsp3) is 0.167. The number of methoxy groups -OCH3 is 1. The first-order valence-corrected chi connectivity index (χ1v) is 4.34. The molecule has 0 radical (unpaired) electrons. The van der Waals surface area contributed by atoms with Gasteiger partial charge in [-0.1, -0.05) is 23.6 Å². The lowest BCUT2D eigenvalue weighted by atomic mass is 10.1. The van der Waals surface area contributed by atoms with Crippen LogP contribution in [0.3, 0.4) is 0 Å². The Balaban J connectivity index is 2.78. The van der Waals surface area contributed by atoms with Crippen molar-refractivity contribution >= 4 is 11.8 Å². The lowest BCUT2D eigenvalue weighted by Crippen LogP contribution is -2.12. The second-order valence-electron chi connectivity index (χ2n) is 2.94. The summed E-state index contributed by atoms with van der Waals surface area (Å²) >= 11 is 0. The summed E-state index contributed by atoms with van der Waals surface area (Å²) in [6.07, 6.45) is 0. The van der Waals surface area contributed by atoms with Gasteiger partial charge in [-0.2, -0.15) is 0 Å². The zero-order chi connectivity index (χ0) is 11.3. The molecule has 0 unspecified atom stereocenters. The number of hydrogen-bond acceptors (Lipinski definition) is 3. The maximum atomic E-state index is 11.0. The Bertz CT molecular complexity index is 432. The molecule has 76 valence electrons. The zero-order valence-corrected chi connectivity index (χ0v) is 8.53. The van der Waals surface area contributed by atoms with E-state index < -0.39 is 11.8 Å². The monoisotopic (exact) mass is 202 g/mol. The van der Waals surface area contributed by atoms with Crippen molar-refractivity contribution in [2.24, 2.45) is 0 Å². The molecule has 0 amide bonds. The van der Waals surface area contributed by atoms with E-state index in [1.807, 2.05) is 19.1 Å². The molecule has 3 nitrogen and oxygen atoms in total. The minimum Gasteiger partial charge on any atom is -0.463 e. The molecular formula is C12H10O3. The van der Waals surface area contributed by atoms with E-state index in [-0.39, 0.29) is 0 Å². The van der Waals surface area contributed by atoms with Crippen molar-refractivity contribution in [3.8, 4) is 11.8 Å². The van der Waals surface area contributed by atoms with Crippen molar-refractivity contribution in [1.82, 2.24) is 0 Å². The molecule has 0 N–H and O–H groups in total. The van der Waals surface area contributed by atoms with Crippen molar-refractivity contribution in [3.63, 3.8) is 0 Å². The average Bonchev–Trinajstić information content (AvgIpc) is 2.26. The van der Waals surface area contributed by atoms with Crippen LogP contribution in [0, 0.1) is 18.8 Å². The topological polar surface area (TPSA) is 43.4 Å². The molecular weight excluding hydrogens is 192 g/mol. The molecule has 1 aromatic rings. The van der Waals surface area contributed by atoms with Gasteiger partial charge in [-0.15, -0.1) is 0 Å². The van der Waals surface area contributed by atoms with Crippen LogP contribution in [0.2, 0.25) is 0 Å². The number of aryl methyl sites for hydroxylation is 1. The molecule has 0 atom stereocenters. The van der Waals surface area contributed by atoms with Gasteiger partial charge in [0.1, 0.15) is 0 Å². The number of ether oxygens (including phenoxy) is 1. The Morgan fingerprint density at radius 2 is 1.80 bits per heavy atom. The highest BCUT2D eigenvalue weighted by Crippen LogP contribution is 2.00. The molecule has 0 saturated heterocycles. The minimum atomic E-state index is -0.936. The number of benzene rings is 1. The Labute approximate surface area is 88.1 Å². The van der Waals surface area contributed by atoms with Crippen molar-refractivity contribution in [2.45, 2.75) is 6.92 Å². The molecule has 0 saturated carbocycles. The number of ketones is 1. The number of rotatable bonds is 1. The van der Waals surface area contributed by atoms with Gasteiger partial charge in [0.2, 0.25) is 0 Å². The van der Waals surface area contributed by atoms with E-state index in [1.165, 1.54) is 0 Å². The van der Waals surface area contributed by atoms with Gasteiger partial charge in [-0.05, 0) is 25.0 Å². The van der Waals surface area contributed by atoms with Gasteiger partial charge in [-0.25, -0.2) is 4.79 Å². The first kappa shape index (κ1) is 11.0. The summed E-state index contributed by atoms with van der Waals surface area (Å²) in [4.78, 5) is 21.7. The molecule has 15 heavy (non-hydrogen) atoms. The smallest absolute Gasteiger partial charge is 0.387 e. The van der Waals surface area contributed by atoms with E-state index in [9.17, 15) is 9.59 Å². The molecule has 0 aliphatic carbocycles. The van der Waals surface area contributed by atoms with E-state index in [4.69, 9.17) is 0 Å². The van der Waals surface area contributed by atoms with Crippen molar-refractivity contribution in [1.29, 1.82) is 0 Å². The average molecular weight is 202 g/mol. The largest absolute Gasteiger partial charge is 0.463 e. The highest BCUT2D eigenvalue weighted by Gasteiger charge is 2.09. The zero-order valence-electron chi connectivity index (χ0n) is 8.53. The summed E-state index contributed by atoms with van der Waals surface area (Å²) < 4.78 is 4.23. The summed E-state index contributed by atoms with van der Waals surface area (Å²) in [5.41, 5.74) is 1.80. The van der Waals surface area contributed by atoms with E-state index in [1.54, 1.807) is 12.1 Å². The second-order valence-corrected chi connectivity index (χ2v) is 2.94. The standard InChI is InChI=1S/C12H10O3/c1-9-3-5-10(6-4-9)7-8-11(13)12(14)15-2/h3-6H,1-2H3. The molecule has 0 aliphatic rings. The Kier molecular flexibility index (Phi) is 3.64. The quantitative estimate of drug-likeness (QED) is 0.389. The van der Waals surface area contributed by atoms with Gasteiger partial charge < -0.3 is 4.74 Å². The van der Waals surface area contributed by atoms with Gasteiger partial charge in [0.25, 0.3) is 0 Å². The van der Waals surface area contributed by atoms with Crippen LogP contribution < -0.4 is 0 Å². The summed E-state index contributed by atoms with van der Waals surface area (Å²) in [5.74, 6) is 3.02. The van der Waals surface area contributed by atoms with Crippen LogP contribution in [0.4, 0.5) is 0 Å². The number of carbonyl (C=O) groups excluding carboxylic acids is 2. The first-order valence-electron chi connectivity index (χ1n) is 4.34. The number of Topliss-reactive ketones (excluding diaryl/α,β-unsaturated/α-hetero) is 1. The van der Waals surface area contributed by atoms with Crippen LogP contribution in [0.5, 0.6) is 0 Å². The third-order valence-corrected chi connectivity index (χ3v) is 1.74. The van der Waals surface area contributed by atoms with E-state index in [0.717, 1.165) is 12.7 Å². The van der Waals surface area contributed by atoms with Crippen molar-refractivity contribution < 1.29 is 14.3 Å². The van der Waals surface area contributed by atoms with Gasteiger partial charge >= 0.3 is 11.8 Å². The van der Waals surface area contributed by atoms with Crippen molar-refractivity contribution in [3.05, 3.63) is 35.4 Å². The van der Waals surface area contributed by atoms with Crippen LogP contribution in [-0.2, 0) is 14.3 Å². The molecule has 0 aromatic heterocycles. The van der Waals surface area contributed by atoms with Crippen LogP contribution in [0.15, 0.2) is 24.3 Å². The second kappa shape index (κ2) is 4.97. The Hall–Kier alpha value is -2.08. The van der Waals surface area contributed by atoms with E-state index >= 15 is 0 Å². The number of carbonyl (C=O) groups is 2. The maximum Gasteiger partial charge on any atom is 0.387 e. The molecule has 0 spiro atoms. The predicted molar refractivity (Wildman–Crippen MR) is 55.1 cm³/mol. The predicted octanol–water partition coefficient (Wildman–Crippen LogP) is 1.09. The molecule has 1 aromatic carbocycles. The van der Waals surface area contributed by atoms with Gasteiger partial charge in [0.15, 0.2) is 0 Å². The third-order valence-electron chi connectivity index (χ3n) is 1.74. The molecule has 0 bridgehead atoms. The fourth-order valence-corrected chi connectivity index (χ4v) is 0.910. The molecule has 1 rings (SSSR count). The normalized spacial score (nSPS) is 8.67. The Morgan fingerprint density at radius 1 is 1.20 bits per heavy atom. The van der Waals surface area contributed by atoms with Gasteiger partial charge in [-0.3, -0.25) is 4.79 Å². The highest BCUT2D eigenvalue weighted by atomic mass is 16.5. The van der Waals surface area contributed by atoms with Crippen LogP contribution in [-0.4, -0.2) is 18.9 Å². The number of hydrogen-bond donors (Lipinski definition) is 0. The van der Waals surface area contributed by atoms with E-state index in [0.29, 0.717) is 5.56 Å². The lowest BCUT2D eigenvalue weighted by Gasteiger charge is -1.91. The summed E-state index contributed by atoms with van der Waals surface area (Å²) in [5, 5.41) is 0. The number of esters is 1. The molecule has 0 aliphatic heterocycles. The van der Waals surface area contributed by atoms with E-state index in [2.05, 4.69) is 16.6 Å².